The van der Waals surface area contributed by atoms with E-state index in [1.54, 1.807) is 6.92 Å². The highest BCUT2D eigenvalue weighted by Crippen LogP contribution is 2.09. The summed E-state index contributed by atoms with van der Waals surface area (Å²) in [6.45, 7) is 4.49. The average molecular weight is 118 g/mol. The summed E-state index contributed by atoms with van der Waals surface area (Å²) in [7, 11) is 0. The highest BCUT2D eigenvalue weighted by atomic mass is 19.2. The van der Waals surface area contributed by atoms with Crippen LogP contribution in [0.4, 0.5) is 8.78 Å². The lowest BCUT2D eigenvalue weighted by Crippen LogP contribution is -1.69. The van der Waals surface area contributed by atoms with Gasteiger partial charge in [-0.25, -0.2) is 8.78 Å². The van der Waals surface area contributed by atoms with Gasteiger partial charge in [0.1, 0.15) is 0 Å². The molecule has 0 saturated carbocycles. The van der Waals surface area contributed by atoms with Crippen molar-refractivity contribution in [3.63, 3.8) is 0 Å². The minimum absolute atomic E-state index is 0.495. The molecule has 0 aliphatic carbocycles. The van der Waals surface area contributed by atoms with Crippen LogP contribution in [-0.4, -0.2) is 0 Å². The van der Waals surface area contributed by atoms with E-state index in [-0.39, 0.29) is 0 Å². The Labute approximate surface area is 47.5 Å². The van der Waals surface area contributed by atoms with Crippen LogP contribution < -0.4 is 0 Å². The van der Waals surface area contributed by atoms with Crippen molar-refractivity contribution in [3.8, 4) is 0 Å². The first-order valence-corrected chi connectivity index (χ1v) is 2.39. The molecule has 0 aliphatic heterocycles. The summed E-state index contributed by atoms with van der Waals surface area (Å²) >= 11 is 0. The molecule has 0 nitrogen and oxygen atoms in total. The van der Waals surface area contributed by atoms with Crippen LogP contribution in [0.15, 0.2) is 24.3 Å². The molecule has 0 aromatic heterocycles. The number of hydrogen-bond acceptors (Lipinski definition) is 0. The molecule has 0 aromatic carbocycles. The molecule has 0 N–H and O–H groups in total. The molecular formula is C6H8F2. The fraction of sp³-hybridized carbons (Fsp3) is 0.333. The molecule has 0 radical (unpaired) electrons. The van der Waals surface area contributed by atoms with E-state index in [2.05, 4.69) is 6.58 Å². The molecule has 0 rings (SSSR count). The maximum absolute atomic E-state index is 11.9. The minimum Gasteiger partial charge on any atom is -0.204 e. The monoisotopic (exact) mass is 118 g/mol. The van der Waals surface area contributed by atoms with Gasteiger partial charge in [0, 0.05) is 0 Å². The lowest BCUT2D eigenvalue weighted by atomic mass is 10.4. The Morgan fingerprint density at radius 1 is 1.62 bits per heavy atom. The van der Waals surface area contributed by atoms with Gasteiger partial charge in [0.25, 0.3) is 0 Å². The normalized spacial score (nSPS) is 11.6. The molecule has 0 aliphatic rings. The highest BCUT2D eigenvalue weighted by Gasteiger charge is 1.94. The summed E-state index contributed by atoms with van der Waals surface area (Å²) in [5, 5.41) is 0. The lowest BCUT2D eigenvalue weighted by Gasteiger charge is -1.85. The van der Waals surface area contributed by atoms with Crippen molar-refractivity contribution in [2.45, 2.75) is 13.3 Å². The van der Waals surface area contributed by atoms with Gasteiger partial charge in [0.2, 0.25) is 0 Å². The third-order valence-electron chi connectivity index (χ3n) is 0.642. The first-order valence-electron chi connectivity index (χ1n) is 2.39. The Balaban J connectivity index is 3.80. The second-order valence-corrected chi connectivity index (χ2v) is 1.37. The van der Waals surface area contributed by atoms with Crippen LogP contribution >= 0.6 is 0 Å². The quantitative estimate of drug-likeness (QED) is 0.489. The van der Waals surface area contributed by atoms with Crippen molar-refractivity contribution in [3.05, 3.63) is 24.3 Å². The Morgan fingerprint density at radius 2 is 2.12 bits per heavy atom. The summed E-state index contributed by atoms with van der Waals surface area (Å²) in [5.41, 5.74) is 0. The zero-order chi connectivity index (χ0) is 6.57. The van der Waals surface area contributed by atoms with Gasteiger partial charge >= 0.3 is 0 Å². The molecular weight excluding hydrogens is 110 g/mol. The maximum atomic E-state index is 11.9. The maximum Gasteiger partial charge on any atom is 0.154 e. The van der Waals surface area contributed by atoms with Gasteiger partial charge in [-0.15, -0.1) is 0 Å². The molecule has 0 amide bonds. The van der Waals surface area contributed by atoms with E-state index in [1.807, 2.05) is 0 Å². The first kappa shape index (κ1) is 7.34. The lowest BCUT2D eigenvalue weighted by molar-refractivity contribution is 0.545. The van der Waals surface area contributed by atoms with E-state index in [0.29, 0.717) is 6.42 Å². The largest absolute Gasteiger partial charge is 0.204 e. The second-order valence-electron chi connectivity index (χ2n) is 1.37. The van der Waals surface area contributed by atoms with E-state index in [9.17, 15) is 8.78 Å². The van der Waals surface area contributed by atoms with Crippen molar-refractivity contribution in [1.29, 1.82) is 0 Å². The van der Waals surface area contributed by atoms with Crippen molar-refractivity contribution >= 4 is 0 Å². The van der Waals surface area contributed by atoms with Crippen LogP contribution in [0, 0.1) is 0 Å². The topological polar surface area (TPSA) is 0 Å². The van der Waals surface area contributed by atoms with E-state index >= 15 is 0 Å². The molecule has 0 saturated heterocycles. The Hall–Kier alpha value is -0.660. The van der Waals surface area contributed by atoms with E-state index in [1.165, 1.54) is 0 Å². The van der Waals surface area contributed by atoms with Crippen LogP contribution in [0.5, 0.6) is 0 Å². The highest BCUT2D eigenvalue weighted by molar-refractivity contribution is 5.13. The van der Waals surface area contributed by atoms with E-state index < -0.39 is 11.7 Å². The van der Waals surface area contributed by atoms with Crippen LogP contribution in [0.2, 0.25) is 0 Å². The standard InChI is InChI=1S/C6H8F2/c1-3-4-6(8)5(2)7/h4H,2-3H2,1H3. The SMILES string of the molecule is C=C(F)C(F)=CCC. The molecule has 0 spiro atoms. The Morgan fingerprint density at radius 3 is 2.25 bits per heavy atom. The summed E-state index contributed by atoms with van der Waals surface area (Å²) in [6.07, 6.45) is 1.64. The number of rotatable bonds is 2. The fourth-order valence-electron chi connectivity index (χ4n) is 0.290. The molecule has 46 valence electrons. The van der Waals surface area contributed by atoms with Gasteiger partial charge in [0.15, 0.2) is 11.7 Å². The van der Waals surface area contributed by atoms with Gasteiger partial charge in [-0.1, -0.05) is 13.5 Å². The Bertz CT molecular complexity index is 114. The molecule has 0 unspecified atom stereocenters. The summed E-state index contributed by atoms with van der Waals surface area (Å²) in [5.74, 6) is -1.85. The second kappa shape index (κ2) is 3.36. The summed E-state index contributed by atoms with van der Waals surface area (Å²) in [4.78, 5) is 0. The smallest absolute Gasteiger partial charge is 0.154 e. The molecule has 0 bridgehead atoms. The summed E-state index contributed by atoms with van der Waals surface area (Å²) in [6, 6.07) is 0. The third-order valence-corrected chi connectivity index (χ3v) is 0.642. The van der Waals surface area contributed by atoms with Crippen molar-refractivity contribution in [1.82, 2.24) is 0 Å². The number of hydrogen-bond donors (Lipinski definition) is 0. The van der Waals surface area contributed by atoms with Crippen LogP contribution in [0.3, 0.4) is 0 Å². The van der Waals surface area contributed by atoms with Gasteiger partial charge < -0.3 is 0 Å². The van der Waals surface area contributed by atoms with Crippen LogP contribution in [-0.2, 0) is 0 Å². The van der Waals surface area contributed by atoms with E-state index in [4.69, 9.17) is 0 Å². The molecule has 0 atom stereocenters. The van der Waals surface area contributed by atoms with Gasteiger partial charge in [0.05, 0.1) is 0 Å². The van der Waals surface area contributed by atoms with Gasteiger partial charge in [-0.05, 0) is 12.5 Å². The predicted molar refractivity (Wildman–Crippen MR) is 29.7 cm³/mol. The molecule has 8 heavy (non-hydrogen) atoms. The third kappa shape index (κ3) is 2.50. The number of halogens is 2. The fourth-order valence-corrected chi connectivity index (χ4v) is 0.290. The predicted octanol–water partition coefficient (Wildman–Crippen LogP) is 2.73. The zero-order valence-corrected chi connectivity index (χ0v) is 4.75. The van der Waals surface area contributed by atoms with Crippen LogP contribution in [0.1, 0.15) is 13.3 Å². The van der Waals surface area contributed by atoms with E-state index in [0.717, 1.165) is 6.08 Å². The average Bonchev–Trinajstić information content (AvgIpc) is 1.67. The summed E-state index contributed by atoms with van der Waals surface area (Å²) < 4.78 is 23.6. The molecule has 2 heteroatoms. The molecule has 0 fully saturated rings. The van der Waals surface area contributed by atoms with Crippen molar-refractivity contribution in [2.24, 2.45) is 0 Å². The van der Waals surface area contributed by atoms with Crippen molar-refractivity contribution in [2.75, 3.05) is 0 Å². The zero-order valence-electron chi connectivity index (χ0n) is 4.75. The Kier molecular flexibility index (Phi) is 3.08. The van der Waals surface area contributed by atoms with Gasteiger partial charge in [-0.3, -0.25) is 0 Å². The van der Waals surface area contributed by atoms with Crippen molar-refractivity contribution < 1.29 is 8.78 Å². The number of allylic oxidation sites excluding steroid dienone is 3. The van der Waals surface area contributed by atoms with Crippen LogP contribution in [0.25, 0.3) is 0 Å². The minimum atomic E-state index is -0.994. The first-order chi connectivity index (χ1) is 3.68. The molecule has 0 aromatic rings. The molecule has 0 heterocycles. The van der Waals surface area contributed by atoms with Gasteiger partial charge in [-0.2, -0.15) is 0 Å².